The lowest BCUT2D eigenvalue weighted by atomic mass is 10.0. The molecule has 0 aromatic heterocycles. The minimum absolute atomic E-state index is 0.182. The molecule has 1 aromatic carbocycles. The first-order valence-corrected chi connectivity index (χ1v) is 9.06. The number of sulfonamides is 1. The Balaban J connectivity index is 1.90. The van der Waals surface area contributed by atoms with E-state index in [1.807, 2.05) is 24.3 Å². The first-order chi connectivity index (χ1) is 10.1. The molecule has 1 saturated carbocycles. The third-order valence-corrected chi connectivity index (χ3v) is 6.24. The number of nitrogens with zero attached hydrogens (tertiary/aromatic N) is 1. The van der Waals surface area contributed by atoms with E-state index in [2.05, 4.69) is 5.32 Å². The summed E-state index contributed by atoms with van der Waals surface area (Å²) in [5.41, 5.74) is 0.937. The van der Waals surface area contributed by atoms with Crippen LogP contribution in [0.15, 0.2) is 24.3 Å². The summed E-state index contributed by atoms with van der Waals surface area (Å²) >= 11 is 0. The van der Waals surface area contributed by atoms with E-state index in [0.29, 0.717) is 31.3 Å². The van der Waals surface area contributed by atoms with E-state index in [-0.39, 0.29) is 6.04 Å². The van der Waals surface area contributed by atoms with E-state index < -0.39 is 10.0 Å². The number of hydrogen-bond donors (Lipinski definition) is 1. The third kappa shape index (κ3) is 3.22. The van der Waals surface area contributed by atoms with Crippen LogP contribution in [0, 0.1) is 5.92 Å². The smallest absolute Gasteiger partial charge is 0.215 e. The average Bonchev–Trinajstić information content (AvgIpc) is 3.30. The van der Waals surface area contributed by atoms with Gasteiger partial charge in [-0.15, -0.1) is 0 Å². The van der Waals surface area contributed by atoms with Crippen LogP contribution in [0.25, 0.3) is 0 Å². The highest BCUT2D eigenvalue weighted by molar-refractivity contribution is 7.89. The predicted molar refractivity (Wildman–Crippen MR) is 81.8 cm³/mol. The van der Waals surface area contributed by atoms with E-state index in [4.69, 9.17) is 4.74 Å². The Morgan fingerprint density at radius 3 is 2.81 bits per heavy atom. The zero-order chi connectivity index (χ0) is 14.9. The number of para-hydroxylation sites is 1. The van der Waals surface area contributed by atoms with E-state index in [0.717, 1.165) is 24.2 Å². The van der Waals surface area contributed by atoms with Crippen LogP contribution < -0.4 is 10.1 Å². The summed E-state index contributed by atoms with van der Waals surface area (Å²) in [6.07, 6.45) is 2.09. The highest BCUT2D eigenvalue weighted by atomic mass is 32.2. The molecule has 21 heavy (non-hydrogen) atoms. The molecule has 2 aliphatic rings. The highest BCUT2D eigenvalue weighted by Gasteiger charge is 2.38. The molecule has 1 aliphatic carbocycles. The van der Waals surface area contributed by atoms with Crippen molar-refractivity contribution in [2.75, 3.05) is 32.5 Å². The zero-order valence-electron chi connectivity index (χ0n) is 12.3. The van der Waals surface area contributed by atoms with Gasteiger partial charge in [0.05, 0.1) is 18.9 Å². The Hall–Kier alpha value is -1.11. The molecule has 1 saturated heterocycles. The largest absolute Gasteiger partial charge is 0.496 e. The number of benzene rings is 1. The van der Waals surface area contributed by atoms with Crippen molar-refractivity contribution in [3.05, 3.63) is 29.8 Å². The van der Waals surface area contributed by atoms with E-state index in [1.54, 1.807) is 11.4 Å². The van der Waals surface area contributed by atoms with Gasteiger partial charge in [0.25, 0.3) is 0 Å². The van der Waals surface area contributed by atoms with Crippen LogP contribution in [0.3, 0.4) is 0 Å². The quantitative estimate of drug-likeness (QED) is 0.893. The number of hydrogen-bond acceptors (Lipinski definition) is 4. The summed E-state index contributed by atoms with van der Waals surface area (Å²) in [7, 11) is -1.58. The van der Waals surface area contributed by atoms with Crippen molar-refractivity contribution in [2.24, 2.45) is 5.92 Å². The van der Waals surface area contributed by atoms with Gasteiger partial charge in [-0.05, 0) is 24.8 Å². The first-order valence-electron chi connectivity index (χ1n) is 7.45. The van der Waals surface area contributed by atoms with Gasteiger partial charge >= 0.3 is 0 Å². The molecule has 0 spiro atoms. The molecule has 0 bridgehead atoms. The van der Waals surface area contributed by atoms with Gasteiger partial charge in [0, 0.05) is 25.2 Å². The van der Waals surface area contributed by atoms with Crippen LogP contribution in [-0.4, -0.2) is 45.2 Å². The summed E-state index contributed by atoms with van der Waals surface area (Å²) < 4.78 is 32.4. The Morgan fingerprint density at radius 1 is 1.33 bits per heavy atom. The van der Waals surface area contributed by atoms with Gasteiger partial charge < -0.3 is 10.1 Å². The minimum atomic E-state index is -3.20. The fraction of sp³-hybridized carbons (Fsp3) is 0.600. The summed E-state index contributed by atoms with van der Waals surface area (Å²) in [6, 6.07) is 7.49. The van der Waals surface area contributed by atoms with Crippen LogP contribution in [-0.2, 0) is 10.0 Å². The monoisotopic (exact) mass is 310 g/mol. The second kappa shape index (κ2) is 5.94. The Labute approximate surface area is 126 Å². The van der Waals surface area contributed by atoms with Crippen LogP contribution in [0.5, 0.6) is 5.75 Å². The molecule has 2 fully saturated rings. The van der Waals surface area contributed by atoms with Gasteiger partial charge in [-0.2, -0.15) is 4.31 Å². The summed E-state index contributed by atoms with van der Waals surface area (Å²) in [4.78, 5) is 0. The topological polar surface area (TPSA) is 58.6 Å². The van der Waals surface area contributed by atoms with Gasteiger partial charge in [0.1, 0.15) is 5.75 Å². The fourth-order valence-corrected chi connectivity index (χ4v) is 4.97. The molecular formula is C15H22N2O3S. The van der Waals surface area contributed by atoms with Crippen molar-refractivity contribution in [1.29, 1.82) is 0 Å². The van der Waals surface area contributed by atoms with Crippen molar-refractivity contribution < 1.29 is 13.2 Å². The molecule has 5 nitrogen and oxygen atoms in total. The second-order valence-electron chi connectivity index (χ2n) is 5.79. The first kappa shape index (κ1) is 14.8. The maximum Gasteiger partial charge on any atom is 0.215 e. The van der Waals surface area contributed by atoms with Crippen LogP contribution in [0.1, 0.15) is 24.4 Å². The molecule has 1 N–H and O–H groups in total. The molecule has 1 aliphatic heterocycles. The Morgan fingerprint density at radius 2 is 2.10 bits per heavy atom. The lowest BCUT2D eigenvalue weighted by molar-refractivity contribution is 0.264. The Kier molecular flexibility index (Phi) is 4.19. The number of piperazine rings is 1. The molecule has 1 unspecified atom stereocenters. The number of ether oxygens (including phenoxy) is 1. The van der Waals surface area contributed by atoms with Crippen LogP contribution >= 0.6 is 0 Å². The zero-order valence-corrected chi connectivity index (χ0v) is 13.1. The van der Waals surface area contributed by atoms with Crippen molar-refractivity contribution in [3.63, 3.8) is 0 Å². The minimum Gasteiger partial charge on any atom is -0.496 e. The molecule has 3 rings (SSSR count). The molecule has 116 valence electrons. The van der Waals surface area contributed by atoms with Gasteiger partial charge in [-0.3, -0.25) is 0 Å². The van der Waals surface area contributed by atoms with E-state index in [1.165, 1.54) is 0 Å². The van der Waals surface area contributed by atoms with Crippen LogP contribution in [0.4, 0.5) is 0 Å². The summed E-state index contributed by atoms with van der Waals surface area (Å²) in [5, 5.41) is 3.29. The molecule has 6 heteroatoms. The lowest BCUT2D eigenvalue weighted by Gasteiger charge is -2.36. The average molecular weight is 310 g/mol. The maximum atomic E-state index is 12.7. The Bertz CT molecular complexity index is 599. The van der Waals surface area contributed by atoms with Crippen molar-refractivity contribution in [2.45, 2.75) is 18.9 Å². The van der Waals surface area contributed by atoms with Gasteiger partial charge in [0.15, 0.2) is 0 Å². The molecule has 1 atom stereocenters. The molecule has 0 amide bonds. The van der Waals surface area contributed by atoms with Crippen molar-refractivity contribution in [1.82, 2.24) is 9.62 Å². The SMILES string of the molecule is COc1ccccc1C1CNCCN1S(=O)(=O)CC1CC1. The lowest BCUT2D eigenvalue weighted by Crippen LogP contribution is -2.49. The highest BCUT2D eigenvalue weighted by Crippen LogP contribution is 2.36. The van der Waals surface area contributed by atoms with Crippen molar-refractivity contribution in [3.8, 4) is 5.75 Å². The third-order valence-electron chi connectivity index (χ3n) is 4.19. The number of methoxy groups -OCH3 is 1. The molecule has 0 radical (unpaired) electrons. The summed E-state index contributed by atoms with van der Waals surface area (Å²) in [6.45, 7) is 1.86. The predicted octanol–water partition coefficient (Wildman–Crippen LogP) is 1.38. The molecule has 1 aromatic rings. The van der Waals surface area contributed by atoms with Crippen LogP contribution in [0.2, 0.25) is 0 Å². The normalized spacial score (nSPS) is 24.0. The van der Waals surface area contributed by atoms with Crippen molar-refractivity contribution >= 4 is 10.0 Å². The van der Waals surface area contributed by atoms with Gasteiger partial charge in [-0.25, -0.2) is 8.42 Å². The van der Waals surface area contributed by atoms with E-state index in [9.17, 15) is 8.42 Å². The molecule has 1 heterocycles. The summed E-state index contributed by atoms with van der Waals surface area (Å²) in [5.74, 6) is 1.40. The standard InChI is InChI=1S/C15H22N2O3S/c1-20-15-5-3-2-4-13(15)14-10-16-8-9-17(14)21(18,19)11-12-6-7-12/h2-5,12,14,16H,6-11H2,1H3. The maximum absolute atomic E-state index is 12.7. The number of nitrogens with one attached hydrogen (secondary N) is 1. The van der Waals surface area contributed by atoms with Gasteiger partial charge in [0.2, 0.25) is 10.0 Å². The van der Waals surface area contributed by atoms with Gasteiger partial charge in [-0.1, -0.05) is 18.2 Å². The second-order valence-corrected chi connectivity index (χ2v) is 7.76. The fourth-order valence-electron chi connectivity index (χ4n) is 2.90. The molecular weight excluding hydrogens is 288 g/mol. The number of rotatable bonds is 5. The van der Waals surface area contributed by atoms with E-state index >= 15 is 0 Å².